The maximum atomic E-state index is 11.9. The van der Waals surface area contributed by atoms with Crippen LogP contribution in [0.25, 0.3) is 0 Å². The van der Waals surface area contributed by atoms with E-state index in [1.54, 1.807) is 0 Å². The number of aliphatic carboxylic acids is 1. The van der Waals surface area contributed by atoms with Crippen LogP contribution in [-0.4, -0.2) is 35.5 Å². The van der Waals surface area contributed by atoms with E-state index in [-0.39, 0.29) is 36.1 Å². The van der Waals surface area contributed by atoms with Gasteiger partial charge < -0.3 is 21.9 Å². The molecule has 0 aliphatic rings. The monoisotopic (exact) mass is 315 g/mol. The number of primary amides is 1. The molecule has 0 saturated heterocycles. The van der Waals surface area contributed by atoms with Crippen LogP contribution in [0.5, 0.6) is 0 Å². The molecule has 0 aliphatic carbocycles. The van der Waals surface area contributed by atoms with E-state index < -0.39 is 17.9 Å². The van der Waals surface area contributed by atoms with Crippen molar-refractivity contribution in [2.24, 2.45) is 22.3 Å². The summed E-state index contributed by atoms with van der Waals surface area (Å²) in [7, 11) is 0. The lowest BCUT2D eigenvalue weighted by molar-refractivity contribution is -0.139. The largest absolute Gasteiger partial charge is 0.481 e. The Morgan fingerprint density at radius 1 is 1.05 bits per heavy atom. The Labute approximate surface area is 131 Å². The number of carboxylic acid groups (broad SMARTS) is 1. The van der Waals surface area contributed by atoms with Crippen LogP contribution in [0.2, 0.25) is 0 Å². The molecule has 0 aromatic heterocycles. The lowest BCUT2D eigenvalue weighted by Crippen LogP contribution is -2.46. The second-order valence-corrected chi connectivity index (χ2v) is 7.39. The van der Waals surface area contributed by atoms with Gasteiger partial charge in [-0.2, -0.15) is 0 Å². The van der Waals surface area contributed by atoms with Crippen LogP contribution in [0.4, 0.5) is 0 Å². The number of hydrogen-bond donors (Lipinski definition) is 4. The summed E-state index contributed by atoms with van der Waals surface area (Å²) in [6.07, 6.45) is 1.81. The Balaban J connectivity index is 4.31. The molecule has 0 rings (SSSR count). The first-order chi connectivity index (χ1) is 9.84. The average molecular weight is 315 g/mol. The topological polar surface area (TPSA) is 136 Å². The number of carboxylic acids is 1. The summed E-state index contributed by atoms with van der Waals surface area (Å²) < 4.78 is 0. The quantitative estimate of drug-likeness (QED) is 0.468. The minimum absolute atomic E-state index is 0.0226. The molecular weight excluding hydrogens is 286 g/mol. The highest BCUT2D eigenvalue weighted by molar-refractivity contribution is 5.81. The van der Waals surface area contributed by atoms with Crippen LogP contribution in [0.15, 0.2) is 0 Å². The van der Waals surface area contributed by atoms with Gasteiger partial charge >= 0.3 is 5.97 Å². The minimum atomic E-state index is -0.887. The number of rotatable bonds is 10. The molecule has 0 bridgehead atoms. The van der Waals surface area contributed by atoms with Crippen LogP contribution in [0.3, 0.4) is 0 Å². The molecule has 22 heavy (non-hydrogen) atoms. The van der Waals surface area contributed by atoms with Crippen molar-refractivity contribution in [2.45, 2.75) is 59.4 Å². The van der Waals surface area contributed by atoms with Gasteiger partial charge in [0.05, 0.1) is 6.42 Å². The molecule has 1 unspecified atom stereocenters. The molecule has 7 heteroatoms. The van der Waals surface area contributed by atoms with Gasteiger partial charge in [0.2, 0.25) is 11.8 Å². The fraction of sp³-hybridized carbons (Fsp3) is 0.800. The fourth-order valence-corrected chi connectivity index (χ4v) is 2.08. The lowest BCUT2D eigenvalue weighted by Gasteiger charge is -2.30. The molecule has 0 spiro atoms. The minimum Gasteiger partial charge on any atom is -0.481 e. The SMILES string of the molecule is CC(C)(CCC(C)(C)CC(=O)NCC(N)C(N)=O)CC(=O)O. The van der Waals surface area contributed by atoms with E-state index in [1.807, 2.05) is 27.7 Å². The van der Waals surface area contributed by atoms with Crippen molar-refractivity contribution in [3.63, 3.8) is 0 Å². The van der Waals surface area contributed by atoms with E-state index >= 15 is 0 Å². The van der Waals surface area contributed by atoms with Gasteiger partial charge in [-0.15, -0.1) is 0 Å². The zero-order valence-electron chi connectivity index (χ0n) is 13.9. The van der Waals surface area contributed by atoms with Gasteiger partial charge in [-0.05, 0) is 23.7 Å². The predicted molar refractivity (Wildman–Crippen MR) is 83.8 cm³/mol. The number of carbonyl (C=O) groups excluding carboxylic acids is 2. The smallest absolute Gasteiger partial charge is 0.303 e. The van der Waals surface area contributed by atoms with Gasteiger partial charge in [-0.1, -0.05) is 27.7 Å². The third-order valence-corrected chi connectivity index (χ3v) is 3.63. The molecule has 2 amide bonds. The highest BCUT2D eigenvalue weighted by Crippen LogP contribution is 2.35. The normalized spacial score (nSPS) is 13.5. The Morgan fingerprint density at radius 3 is 1.91 bits per heavy atom. The molecule has 128 valence electrons. The summed E-state index contributed by atoms with van der Waals surface area (Å²) in [5, 5.41) is 11.5. The molecule has 0 saturated carbocycles. The van der Waals surface area contributed by atoms with E-state index in [0.29, 0.717) is 6.42 Å². The molecule has 0 aromatic rings. The first-order valence-corrected chi connectivity index (χ1v) is 7.38. The zero-order chi connectivity index (χ0) is 17.6. The second-order valence-electron chi connectivity index (χ2n) is 7.39. The second kappa shape index (κ2) is 8.12. The lowest BCUT2D eigenvalue weighted by atomic mass is 9.76. The van der Waals surface area contributed by atoms with Gasteiger partial charge in [0.25, 0.3) is 0 Å². The number of amides is 2. The Kier molecular flexibility index (Phi) is 7.52. The summed E-state index contributed by atoms with van der Waals surface area (Å²) in [6, 6.07) is -0.887. The maximum Gasteiger partial charge on any atom is 0.303 e. The molecule has 0 heterocycles. The molecular formula is C15H29N3O4. The Bertz CT molecular complexity index is 419. The average Bonchev–Trinajstić information content (AvgIpc) is 2.31. The van der Waals surface area contributed by atoms with Crippen molar-refractivity contribution >= 4 is 17.8 Å². The maximum absolute atomic E-state index is 11.9. The number of carbonyl (C=O) groups is 3. The highest BCUT2D eigenvalue weighted by Gasteiger charge is 2.28. The first-order valence-electron chi connectivity index (χ1n) is 7.38. The third-order valence-electron chi connectivity index (χ3n) is 3.63. The standard InChI is InChI=1S/C15H29N3O4/c1-14(2,5-6-15(3,4)8-12(20)21)7-11(19)18-9-10(16)13(17)22/h10H,5-9,16H2,1-4H3,(H2,17,22)(H,18,19)(H,20,21). The van der Waals surface area contributed by atoms with E-state index in [4.69, 9.17) is 16.6 Å². The Hall–Kier alpha value is -1.63. The van der Waals surface area contributed by atoms with Crippen molar-refractivity contribution in [1.29, 1.82) is 0 Å². The molecule has 0 fully saturated rings. The fourth-order valence-electron chi connectivity index (χ4n) is 2.08. The molecule has 6 N–H and O–H groups in total. The highest BCUT2D eigenvalue weighted by atomic mass is 16.4. The molecule has 1 atom stereocenters. The van der Waals surface area contributed by atoms with E-state index in [1.165, 1.54) is 0 Å². The van der Waals surface area contributed by atoms with Crippen LogP contribution >= 0.6 is 0 Å². The summed E-state index contributed by atoms with van der Waals surface area (Å²) in [5.74, 6) is -1.67. The number of hydrogen-bond acceptors (Lipinski definition) is 4. The van der Waals surface area contributed by atoms with Crippen molar-refractivity contribution < 1.29 is 19.5 Å². The van der Waals surface area contributed by atoms with Crippen LogP contribution in [0, 0.1) is 10.8 Å². The van der Waals surface area contributed by atoms with Gasteiger partial charge in [0, 0.05) is 13.0 Å². The summed E-state index contributed by atoms with van der Waals surface area (Å²) in [5.41, 5.74) is 9.89. The molecule has 0 aromatic carbocycles. The molecule has 7 nitrogen and oxygen atoms in total. The third kappa shape index (κ3) is 9.33. The number of nitrogens with one attached hydrogen (secondary N) is 1. The van der Waals surface area contributed by atoms with Crippen molar-refractivity contribution in [2.75, 3.05) is 6.54 Å². The van der Waals surface area contributed by atoms with Crippen LogP contribution in [-0.2, 0) is 14.4 Å². The number of nitrogens with two attached hydrogens (primary N) is 2. The summed E-state index contributed by atoms with van der Waals surface area (Å²) >= 11 is 0. The van der Waals surface area contributed by atoms with Crippen LogP contribution < -0.4 is 16.8 Å². The van der Waals surface area contributed by atoms with E-state index in [9.17, 15) is 14.4 Å². The summed E-state index contributed by atoms with van der Waals surface area (Å²) in [4.78, 5) is 33.5. The molecule has 0 aliphatic heterocycles. The van der Waals surface area contributed by atoms with Crippen molar-refractivity contribution in [3.05, 3.63) is 0 Å². The van der Waals surface area contributed by atoms with E-state index in [2.05, 4.69) is 5.32 Å². The Morgan fingerprint density at radius 2 is 1.50 bits per heavy atom. The van der Waals surface area contributed by atoms with Gasteiger partial charge in [0.15, 0.2) is 0 Å². The van der Waals surface area contributed by atoms with E-state index in [0.717, 1.165) is 6.42 Å². The molecule has 0 radical (unpaired) electrons. The van der Waals surface area contributed by atoms with Gasteiger partial charge in [-0.3, -0.25) is 14.4 Å². The van der Waals surface area contributed by atoms with Crippen molar-refractivity contribution in [1.82, 2.24) is 5.32 Å². The predicted octanol–water partition coefficient (Wildman–Crippen LogP) is 0.613. The van der Waals surface area contributed by atoms with Gasteiger partial charge in [0.1, 0.15) is 6.04 Å². The van der Waals surface area contributed by atoms with Crippen LogP contribution in [0.1, 0.15) is 53.4 Å². The van der Waals surface area contributed by atoms with Crippen molar-refractivity contribution in [3.8, 4) is 0 Å². The van der Waals surface area contributed by atoms with Gasteiger partial charge in [-0.25, -0.2) is 0 Å². The summed E-state index contributed by atoms with van der Waals surface area (Å²) in [6.45, 7) is 7.75. The zero-order valence-corrected chi connectivity index (χ0v) is 13.9. The first kappa shape index (κ1) is 20.4.